The topological polar surface area (TPSA) is 38.7 Å². The van der Waals surface area contributed by atoms with Crippen LogP contribution in [0.5, 0.6) is 0 Å². The highest BCUT2D eigenvalue weighted by Gasteiger charge is 2.68. The molecule has 0 radical (unpaired) electrons. The van der Waals surface area contributed by atoms with Crippen molar-refractivity contribution in [1.82, 2.24) is 0 Å². The lowest BCUT2D eigenvalue weighted by Gasteiger charge is -2.58. The summed E-state index contributed by atoms with van der Waals surface area (Å²) < 4.78 is 13.3. The zero-order valence-electron chi connectivity index (χ0n) is 19.5. The van der Waals surface area contributed by atoms with Crippen LogP contribution in [0.3, 0.4) is 0 Å². The maximum absolute atomic E-state index is 10.3. The summed E-state index contributed by atoms with van der Waals surface area (Å²) in [6.07, 6.45) is 13.5. The lowest BCUT2D eigenvalue weighted by atomic mass is 9.47. The van der Waals surface area contributed by atoms with Gasteiger partial charge in [-0.3, -0.25) is 0 Å². The summed E-state index contributed by atoms with van der Waals surface area (Å²) in [6, 6.07) is 0. The Morgan fingerprint density at radius 3 is 2.63 bits per heavy atom. The van der Waals surface area contributed by atoms with Crippen molar-refractivity contribution in [2.45, 2.75) is 103 Å². The minimum Gasteiger partial charge on any atom is -0.393 e. The van der Waals surface area contributed by atoms with Gasteiger partial charge in [0.2, 0.25) is 0 Å². The van der Waals surface area contributed by atoms with Crippen LogP contribution >= 0.6 is 0 Å². The van der Waals surface area contributed by atoms with Crippen molar-refractivity contribution in [3.05, 3.63) is 11.6 Å². The van der Waals surface area contributed by atoms with E-state index in [0.717, 1.165) is 43.6 Å². The molecule has 6 rings (SSSR count). The molecule has 3 nitrogen and oxygen atoms in total. The van der Waals surface area contributed by atoms with E-state index >= 15 is 0 Å². The van der Waals surface area contributed by atoms with Crippen LogP contribution in [0.15, 0.2) is 11.6 Å². The molecule has 11 atom stereocenters. The number of allylic oxidation sites excluding steroid dienone is 1. The maximum atomic E-state index is 10.3. The van der Waals surface area contributed by atoms with Crippen LogP contribution in [0, 0.1) is 46.3 Å². The number of fused-ring (bicyclic) bond motifs is 7. The lowest BCUT2D eigenvalue weighted by molar-refractivity contribution is -0.272. The van der Waals surface area contributed by atoms with Gasteiger partial charge in [0.1, 0.15) is 0 Å². The summed E-state index contributed by atoms with van der Waals surface area (Å²) in [5.74, 6) is 3.94. The number of ether oxygens (including phenoxy) is 2. The van der Waals surface area contributed by atoms with Crippen molar-refractivity contribution >= 4 is 0 Å². The van der Waals surface area contributed by atoms with E-state index in [0.29, 0.717) is 34.7 Å². The number of hydrogen-bond donors (Lipinski definition) is 1. The van der Waals surface area contributed by atoms with Gasteiger partial charge in [0.05, 0.1) is 18.8 Å². The van der Waals surface area contributed by atoms with Gasteiger partial charge in [-0.25, -0.2) is 0 Å². The highest BCUT2D eigenvalue weighted by molar-refractivity contribution is 5.26. The summed E-state index contributed by atoms with van der Waals surface area (Å²) in [7, 11) is 0. The molecule has 0 aromatic rings. The van der Waals surface area contributed by atoms with Crippen LogP contribution in [0.2, 0.25) is 0 Å². The lowest BCUT2D eigenvalue weighted by Crippen LogP contribution is -2.52. The molecule has 5 fully saturated rings. The number of rotatable bonds is 0. The molecule has 0 amide bonds. The van der Waals surface area contributed by atoms with Crippen LogP contribution in [-0.4, -0.2) is 29.7 Å². The first kappa shape index (κ1) is 20.2. The van der Waals surface area contributed by atoms with Gasteiger partial charge in [-0.1, -0.05) is 39.3 Å². The van der Waals surface area contributed by atoms with Crippen molar-refractivity contribution in [2.75, 3.05) is 6.61 Å². The minimum absolute atomic E-state index is 0.107. The Kier molecular flexibility index (Phi) is 4.44. The second kappa shape index (κ2) is 6.58. The first-order valence-corrected chi connectivity index (χ1v) is 13.0. The largest absolute Gasteiger partial charge is 0.393 e. The molecule has 168 valence electrons. The fourth-order valence-corrected chi connectivity index (χ4v) is 9.66. The van der Waals surface area contributed by atoms with Crippen LogP contribution in [-0.2, 0) is 9.47 Å². The number of aliphatic hydroxyl groups is 1. The zero-order valence-corrected chi connectivity index (χ0v) is 19.5. The SMILES string of the molecule is C[C@@H]1CC[C@@]2(OC1)O[C@H]1C[C@@H]3[C@@H]4CC=C5C[C@H](O)CC[C@]5(C)[C@H]4CC[C@]3(C)C1[C@@H]2C. The van der Waals surface area contributed by atoms with Crippen molar-refractivity contribution in [3.63, 3.8) is 0 Å². The molecule has 1 N–H and O–H groups in total. The van der Waals surface area contributed by atoms with E-state index in [9.17, 15) is 5.11 Å². The van der Waals surface area contributed by atoms with Crippen LogP contribution < -0.4 is 0 Å². The zero-order chi connectivity index (χ0) is 20.9. The van der Waals surface area contributed by atoms with Gasteiger partial charge >= 0.3 is 0 Å². The van der Waals surface area contributed by atoms with Gasteiger partial charge in [0, 0.05) is 12.3 Å². The molecule has 6 aliphatic rings. The van der Waals surface area contributed by atoms with Crippen molar-refractivity contribution in [2.24, 2.45) is 46.3 Å². The molecule has 1 spiro atoms. The summed E-state index contributed by atoms with van der Waals surface area (Å²) in [4.78, 5) is 0. The predicted molar refractivity (Wildman–Crippen MR) is 118 cm³/mol. The molecule has 4 aliphatic carbocycles. The Morgan fingerprint density at radius 2 is 1.87 bits per heavy atom. The molecular weight excluding hydrogens is 372 g/mol. The van der Waals surface area contributed by atoms with Crippen LogP contribution in [0.1, 0.15) is 85.5 Å². The van der Waals surface area contributed by atoms with Gasteiger partial charge in [0.15, 0.2) is 5.79 Å². The second-order valence-electron chi connectivity index (χ2n) is 12.7. The summed E-state index contributed by atoms with van der Waals surface area (Å²) >= 11 is 0. The van der Waals surface area contributed by atoms with Gasteiger partial charge in [0.25, 0.3) is 0 Å². The molecule has 0 aromatic heterocycles. The number of hydrogen-bond acceptors (Lipinski definition) is 3. The molecule has 2 saturated heterocycles. The van der Waals surface area contributed by atoms with E-state index in [2.05, 4.69) is 33.8 Å². The molecular formula is C27H42O3. The molecule has 0 aromatic carbocycles. The van der Waals surface area contributed by atoms with Gasteiger partial charge in [-0.2, -0.15) is 0 Å². The van der Waals surface area contributed by atoms with E-state index in [4.69, 9.17) is 9.47 Å². The van der Waals surface area contributed by atoms with Crippen molar-refractivity contribution in [1.29, 1.82) is 0 Å². The molecule has 2 aliphatic heterocycles. The highest BCUT2D eigenvalue weighted by atomic mass is 16.7. The summed E-state index contributed by atoms with van der Waals surface area (Å²) in [5.41, 5.74) is 2.31. The first-order valence-electron chi connectivity index (χ1n) is 13.0. The Labute approximate surface area is 183 Å². The Balaban J connectivity index is 1.28. The molecule has 3 saturated carbocycles. The summed E-state index contributed by atoms with van der Waals surface area (Å²) in [5, 5.41) is 10.3. The predicted octanol–water partition coefficient (Wildman–Crippen LogP) is 5.71. The Hall–Kier alpha value is -0.380. The fraction of sp³-hybridized carbons (Fsp3) is 0.926. The Bertz CT molecular complexity index is 736. The van der Waals surface area contributed by atoms with E-state index in [-0.39, 0.29) is 11.9 Å². The number of aliphatic hydroxyl groups excluding tert-OH is 1. The van der Waals surface area contributed by atoms with Crippen LogP contribution in [0.25, 0.3) is 0 Å². The second-order valence-corrected chi connectivity index (χ2v) is 12.7. The first-order chi connectivity index (χ1) is 14.3. The third-order valence-corrected chi connectivity index (χ3v) is 11.3. The standard InChI is InChI=1S/C27H42O3/c1-16-7-12-27(29-15-16)17(2)24-23(30-27)14-22-20-6-5-18-13-19(28)8-10-25(18,3)21(20)9-11-26(22,24)4/h5,16-17,19-24,28H,6-15H2,1-4H3/t16-,17+,19-,20-,21+,22-,23+,24?,25+,26+,27-/m1/s1. The van der Waals surface area contributed by atoms with Gasteiger partial charge < -0.3 is 14.6 Å². The van der Waals surface area contributed by atoms with Crippen molar-refractivity contribution in [3.8, 4) is 0 Å². The molecule has 0 bridgehead atoms. The summed E-state index contributed by atoms with van der Waals surface area (Å²) in [6.45, 7) is 10.8. The average Bonchev–Trinajstić information content (AvgIpc) is 3.16. The third-order valence-electron chi connectivity index (χ3n) is 11.3. The molecule has 3 heteroatoms. The highest BCUT2D eigenvalue weighted by Crippen LogP contribution is 2.70. The maximum Gasteiger partial charge on any atom is 0.171 e. The third kappa shape index (κ3) is 2.55. The van der Waals surface area contributed by atoms with Gasteiger partial charge in [-0.15, -0.1) is 0 Å². The minimum atomic E-state index is -0.294. The van der Waals surface area contributed by atoms with Crippen LogP contribution in [0.4, 0.5) is 0 Å². The molecule has 1 unspecified atom stereocenters. The smallest absolute Gasteiger partial charge is 0.171 e. The van der Waals surface area contributed by atoms with E-state index < -0.39 is 0 Å². The van der Waals surface area contributed by atoms with Gasteiger partial charge in [-0.05, 0) is 91.8 Å². The van der Waals surface area contributed by atoms with Crippen molar-refractivity contribution < 1.29 is 14.6 Å². The molecule has 30 heavy (non-hydrogen) atoms. The van der Waals surface area contributed by atoms with E-state index in [1.54, 1.807) is 5.57 Å². The average molecular weight is 415 g/mol. The Morgan fingerprint density at radius 1 is 1.03 bits per heavy atom. The van der Waals surface area contributed by atoms with E-state index in [1.807, 2.05) is 0 Å². The quantitative estimate of drug-likeness (QED) is 0.516. The normalized spacial score (nSPS) is 59.8. The molecule has 2 heterocycles. The fourth-order valence-electron chi connectivity index (χ4n) is 9.66. The van der Waals surface area contributed by atoms with E-state index in [1.165, 1.54) is 38.5 Å². The monoisotopic (exact) mass is 414 g/mol.